The number of hydrogen-bond donors (Lipinski definition) is 1. The van der Waals surface area contributed by atoms with Crippen molar-refractivity contribution in [1.82, 2.24) is 0 Å². The molecule has 1 aromatic rings. The molecule has 0 amide bonds. The average molecular weight is 254 g/mol. The van der Waals surface area contributed by atoms with E-state index in [4.69, 9.17) is 9.84 Å². The Morgan fingerprint density at radius 1 is 1.28 bits per heavy atom. The molecular formula is C15H23FO2. The molecule has 2 nitrogen and oxygen atoms in total. The third kappa shape index (κ3) is 5.05. The Morgan fingerprint density at radius 3 is 2.67 bits per heavy atom. The molecule has 0 saturated carbocycles. The summed E-state index contributed by atoms with van der Waals surface area (Å²) in [5.74, 6) is -0.128. The lowest BCUT2D eigenvalue weighted by molar-refractivity contribution is 0.197. The predicted octanol–water partition coefficient (Wildman–Crippen LogP) is 4.06. The molecule has 0 bridgehead atoms. The van der Waals surface area contributed by atoms with Gasteiger partial charge in [0.1, 0.15) is 0 Å². The molecule has 102 valence electrons. The molecule has 1 N–H and O–H groups in total. The molecule has 0 aliphatic heterocycles. The number of unbranched alkanes of at least 4 members (excludes halogenated alkanes) is 3. The SMILES string of the molecule is CCCCCCC(C)Oc1ccc(CO)cc1F. The molecule has 1 atom stereocenters. The summed E-state index contributed by atoms with van der Waals surface area (Å²) in [6, 6.07) is 4.59. The van der Waals surface area contributed by atoms with Gasteiger partial charge in [0.2, 0.25) is 0 Å². The zero-order valence-electron chi connectivity index (χ0n) is 11.3. The predicted molar refractivity (Wildman–Crippen MR) is 71.2 cm³/mol. The molecule has 1 aromatic carbocycles. The van der Waals surface area contributed by atoms with E-state index in [1.807, 2.05) is 6.92 Å². The normalized spacial score (nSPS) is 12.4. The topological polar surface area (TPSA) is 29.5 Å². The lowest BCUT2D eigenvalue weighted by atomic mass is 10.1. The zero-order chi connectivity index (χ0) is 13.4. The molecule has 3 heteroatoms. The van der Waals surface area contributed by atoms with Gasteiger partial charge in [0.25, 0.3) is 0 Å². The van der Waals surface area contributed by atoms with Crippen LogP contribution >= 0.6 is 0 Å². The van der Waals surface area contributed by atoms with E-state index >= 15 is 0 Å². The second-order valence-corrected chi connectivity index (χ2v) is 4.70. The van der Waals surface area contributed by atoms with Crippen LogP contribution in [0.3, 0.4) is 0 Å². The van der Waals surface area contributed by atoms with Gasteiger partial charge < -0.3 is 9.84 Å². The highest BCUT2D eigenvalue weighted by Crippen LogP contribution is 2.21. The summed E-state index contributed by atoms with van der Waals surface area (Å²) in [6.45, 7) is 3.99. The molecule has 0 heterocycles. The van der Waals surface area contributed by atoms with Gasteiger partial charge in [-0.2, -0.15) is 0 Å². The number of ether oxygens (including phenoxy) is 1. The first-order chi connectivity index (χ1) is 8.67. The molecule has 1 unspecified atom stereocenters. The summed E-state index contributed by atoms with van der Waals surface area (Å²) in [7, 11) is 0. The van der Waals surface area contributed by atoms with Crippen LogP contribution in [0.5, 0.6) is 5.75 Å². The summed E-state index contributed by atoms with van der Waals surface area (Å²) in [5, 5.41) is 8.89. The summed E-state index contributed by atoms with van der Waals surface area (Å²) >= 11 is 0. The minimum atomic E-state index is -0.401. The maximum Gasteiger partial charge on any atom is 0.165 e. The Bertz CT molecular complexity index is 352. The van der Waals surface area contributed by atoms with Crippen LogP contribution in [0.4, 0.5) is 4.39 Å². The third-order valence-corrected chi connectivity index (χ3v) is 2.97. The van der Waals surface area contributed by atoms with E-state index in [9.17, 15) is 4.39 Å². The van der Waals surface area contributed by atoms with Crippen molar-refractivity contribution in [2.45, 2.75) is 58.7 Å². The van der Waals surface area contributed by atoms with E-state index in [1.165, 1.54) is 25.3 Å². The number of aliphatic hydroxyl groups is 1. The van der Waals surface area contributed by atoms with E-state index in [0.717, 1.165) is 12.8 Å². The fourth-order valence-electron chi connectivity index (χ4n) is 1.87. The maximum absolute atomic E-state index is 13.6. The van der Waals surface area contributed by atoms with E-state index in [2.05, 4.69) is 6.92 Å². The summed E-state index contributed by atoms with van der Waals surface area (Å²) < 4.78 is 19.2. The summed E-state index contributed by atoms with van der Waals surface area (Å²) in [4.78, 5) is 0. The lowest BCUT2D eigenvalue weighted by Gasteiger charge is -2.15. The molecule has 0 saturated heterocycles. The minimum Gasteiger partial charge on any atom is -0.488 e. The van der Waals surface area contributed by atoms with Gasteiger partial charge in [-0.15, -0.1) is 0 Å². The monoisotopic (exact) mass is 254 g/mol. The summed E-state index contributed by atoms with van der Waals surface area (Å²) in [5.41, 5.74) is 0.565. The molecule has 0 fully saturated rings. The Kier molecular flexibility index (Phi) is 6.73. The summed E-state index contributed by atoms with van der Waals surface area (Å²) in [6.07, 6.45) is 5.75. The first kappa shape index (κ1) is 15.0. The van der Waals surface area contributed by atoms with Crippen molar-refractivity contribution in [2.24, 2.45) is 0 Å². The molecule has 0 aromatic heterocycles. The van der Waals surface area contributed by atoms with Crippen molar-refractivity contribution in [1.29, 1.82) is 0 Å². The van der Waals surface area contributed by atoms with Crippen molar-refractivity contribution in [3.05, 3.63) is 29.6 Å². The van der Waals surface area contributed by atoms with Gasteiger partial charge in [0.15, 0.2) is 11.6 Å². The highest BCUT2D eigenvalue weighted by Gasteiger charge is 2.09. The van der Waals surface area contributed by atoms with Crippen LogP contribution < -0.4 is 4.74 Å². The van der Waals surface area contributed by atoms with Gasteiger partial charge in [-0.3, -0.25) is 0 Å². The lowest BCUT2D eigenvalue weighted by Crippen LogP contribution is -2.12. The molecule has 0 aliphatic carbocycles. The van der Waals surface area contributed by atoms with Crippen LogP contribution in [-0.4, -0.2) is 11.2 Å². The Labute approximate surface area is 109 Å². The van der Waals surface area contributed by atoms with Crippen LogP contribution in [0.1, 0.15) is 51.5 Å². The second-order valence-electron chi connectivity index (χ2n) is 4.70. The molecule has 1 rings (SSSR count). The van der Waals surface area contributed by atoms with Crippen LogP contribution in [0.15, 0.2) is 18.2 Å². The van der Waals surface area contributed by atoms with Gasteiger partial charge in [0.05, 0.1) is 12.7 Å². The number of hydrogen-bond acceptors (Lipinski definition) is 2. The first-order valence-corrected chi connectivity index (χ1v) is 6.73. The van der Waals surface area contributed by atoms with E-state index in [1.54, 1.807) is 12.1 Å². The van der Waals surface area contributed by atoms with Gasteiger partial charge >= 0.3 is 0 Å². The van der Waals surface area contributed by atoms with Crippen LogP contribution in [0.2, 0.25) is 0 Å². The van der Waals surface area contributed by atoms with Crippen LogP contribution in [-0.2, 0) is 6.61 Å². The fraction of sp³-hybridized carbons (Fsp3) is 0.600. The molecule has 0 aliphatic rings. The number of benzene rings is 1. The number of aliphatic hydroxyl groups excluding tert-OH is 1. The molecule has 18 heavy (non-hydrogen) atoms. The van der Waals surface area contributed by atoms with Gasteiger partial charge in [-0.1, -0.05) is 32.3 Å². The van der Waals surface area contributed by atoms with Crippen molar-refractivity contribution in [3.8, 4) is 5.75 Å². The third-order valence-electron chi connectivity index (χ3n) is 2.97. The van der Waals surface area contributed by atoms with Gasteiger partial charge in [-0.05, 0) is 37.5 Å². The van der Waals surface area contributed by atoms with Crippen LogP contribution in [0, 0.1) is 5.82 Å². The maximum atomic E-state index is 13.6. The minimum absolute atomic E-state index is 0.0244. The average Bonchev–Trinajstić information content (AvgIpc) is 2.37. The van der Waals surface area contributed by atoms with E-state index in [-0.39, 0.29) is 18.5 Å². The van der Waals surface area contributed by atoms with Crippen molar-refractivity contribution < 1.29 is 14.2 Å². The number of halogens is 1. The highest BCUT2D eigenvalue weighted by molar-refractivity contribution is 5.29. The van der Waals surface area contributed by atoms with Crippen molar-refractivity contribution >= 4 is 0 Å². The smallest absolute Gasteiger partial charge is 0.165 e. The molecule has 0 spiro atoms. The van der Waals surface area contributed by atoms with Crippen LogP contribution in [0.25, 0.3) is 0 Å². The van der Waals surface area contributed by atoms with Crippen molar-refractivity contribution in [3.63, 3.8) is 0 Å². The Morgan fingerprint density at radius 2 is 2.06 bits per heavy atom. The van der Waals surface area contributed by atoms with E-state index in [0.29, 0.717) is 5.56 Å². The second kappa shape index (κ2) is 8.09. The molecule has 0 radical (unpaired) electrons. The molecular weight excluding hydrogens is 231 g/mol. The standard InChI is InChI=1S/C15H23FO2/c1-3-4-5-6-7-12(2)18-15-9-8-13(11-17)10-14(15)16/h8-10,12,17H,3-7,11H2,1-2H3. The quantitative estimate of drug-likeness (QED) is 0.709. The first-order valence-electron chi connectivity index (χ1n) is 6.73. The fourth-order valence-corrected chi connectivity index (χ4v) is 1.87. The number of rotatable bonds is 8. The Hall–Kier alpha value is -1.09. The van der Waals surface area contributed by atoms with Gasteiger partial charge in [0, 0.05) is 0 Å². The van der Waals surface area contributed by atoms with E-state index < -0.39 is 5.82 Å². The van der Waals surface area contributed by atoms with Gasteiger partial charge in [-0.25, -0.2) is 4.39 Å². The van der Waals surface area contributed by atoms with Crippen molar-refractivity contribution in [2.75, 3.05) is 0 Å². The Balaban J connectivity index is 2.41. The largest absolute Gasteiger partial charge is 0.488 e. The highest BCUT2D eigenvalue weighted by atomic mass is 19.1. The zero-order valence-corrected chi connectivity index (χ0v) is 11.3.